The highest BCUT2D eigenvalue weighted by Gasteiger charge is 2.25. The van der Waals surface area contributed by atoms with Gasteiger partial charge < -0.3 is 9.84 Å². The van der Waals surface area contributed by atoms with E-state index in [1.54, 1.807) is 6.07 Å². The SMILES string of the molecule is CNC(=O)c1c(-c2ccccc2)noc1CC(=O)c1cccc(C)c1. The van der Waals surface area contributed by atoms with Gasteiger partial charge in [0.1, 0.15) is 11.3 Å². The molecule has 0 radical (unpaired) electrons. The molecule has 0 atom stereocenters. The lowest BCUT2D eigenvalue weighted by molar-refractivity contribution is 0.0960. The molecule has 0 spiro atoms. The van der Waals surface area contributed by atoms with Crippen molar-refractivity contribution >= 4 is 11.7 Å². The average Bonchev–Trinajstić information content (AvgIpc) is 3.05. The number of nitrogens with one attached hydrogen (secondary N) is 1. The Morgan fingerprint density at radius 1 is 1.08 bits per heavy atom. The third kappa shape index (κ3) is 3.50. The number of benzene rings is 2. The van der Waals surface area contributed by atoms with Crippen LogP contribution in [-0.2, 0) is 6.42 Å². The van der Waals surface area contributed by atoms with Gasteiger partial charge in [0.25, 0.3) is 5.91 Å². The second-order valence-corrected chi connectivity index (χ2v) is 5.74. The monoisotopic (exact) mass is 334 g/mol. The van der Waals surface area contributed by atoms with E-state index >= 15 is 0 Å². The predicted molar refractivity (Wildman–Crippen MR) is 94.5 cm³/mol. The number of aromatic nitrogens is 1. The predicted octanol–water partition coefficient (Wildman–Crippen LogP) is 3.44. The molecule has 1 amide bonds. The van der Waals surface area contributed by atoms with Gasteiger partial charge in [-0.1, -0.05) is 59.3 Å². The van der Waals surface area contributed by atoms with Crippen LogP contribution in [0.2, 0.25) is 0 Å². The van der Waals surface area contributed by atoms with Crippen molar-refractivity contribution in [3.05, 3.63) is 77.0 Å². The number of hydrogen-bond acceptors (Lipinski definition) is 4. The Morgan fingerprint density at radius 2 is 1.84 bits per heavy atom. The first-order chi connectivity index (χ1) is 12.1. The minimum absolute atomic E-state index is 0.0218. The summed E-state index contributed by atoms with van der Waals surface area (Å²) >= 11 is 0. The van der Waals surface area contributed by atoms with Crippen LogP contribution in [0.3, 0.4) is 0 Å². The summed E-state index contributed by atoms with van der Waals surface area (Å²) in [6.45, 7) is 1.93. The third-order valence-electron chi connectivity index (χ3n) is 3.93. The second kappa shape index (κ2) is 7.13. The first-order valence-electron chi connectivity index (χ1n) is 7.96. The van der Waals surface area contributed by atoms with Gasteiger partial charge in [0.15, 0.2) is 11.5 Å². The topological polar surface area (TPSA) is 72.2 Å². The minimum atomic E-state index is -0.327. The van der Waals surface area contributed by atoms with E-state index in [-0.39, 0.29) is 23.9 Å². The first kappa shape index (κ1) is 16.6. The largest absolute Gasteiger partial charge is 0.359 e. The molecule has 5 heteroatoms. The molecule has 25 heavy (non-hydrogen) atoms. The molecule has 0 saturated carbocycles. The lowest BCUT2D eigenvalue weighted by atomic mass is 10.00. The maximum Gasteiger partial charge on any atom is 0.256 e. The molecule has 3 rings (SSSR count). The molecule has 126 valence electrons. The van der Waals surface area contributed by atoms with Gasteiger partial charge in [0.05, 0.1) is 6.42 Å². The van der Waals surface area contributed by atoms with Crippen LogP contribution in [-0.4, -0.2) is 23.9 Å². The Balaban J connectivity index is 1.98. The lowest BCUT2D eigenvalue weighted by Gasteiger charge is -2.04. The molecule has 5 nitrogen and oxygen atoms in total. The van der Waals surface area contributed by atoms with Gasteiger partial charge in [0, 0.05) is 18.2 Å². The highest BCUT2D eigenvalue weighted by atomic mass is 16.5. The highest BCUT2D eigenvalue weighted by molar-refractivity contribution is 6.03. The standard InChI is InChI=1S/C20H18N2O3/c1-13-7-6-10-15(11-13)16(23)12-17-18(20(24)21-2)19(22-25-17)14-8-4-3-5-9-14/h3-11H,12H2,1-2H3,(H,21,24). The van der Waals surface area contributed by atoms with Crippen molar-refractivity contribution in [2.45, 2.75) is 13.3 Å². The van der Waals surface area contributed by atoms with Gasteiger partial charge in [-0.2, -0.15) is 0 Å². The van der Waals surface area contributed by atoms with E-state index in [0.717, 1.165) is 11.1 Å². The van der Waals surface area contributed by atoms with Crippen molar-refractivity contribution in [2.75, 3.05) is 7.05 Å². The second-order valence-electron chi connectivity index (χ2n) is 5.74. The van der Waals surface area contributed by atoms with Gasteiger partial charge >= 0.3 is 0 Å². The molecule has 2 aromatic carbocycles. The number of amides is 1. The fraction of sp³-hybridized carbons (Fsp3) is 0.150. The molecule has 0 aliphatic rings. The molecular formula is C20H18N2O3. The summed E-state index contributed by atoms with van der Waals surface area (Å²) in [6, 6.07) is 16.6. The maximum atomic E-state index is 12.6. The van der Waals surface area contributed by atoms with Crippen LogP contribution in [0.15, 0.2) is 59.1 Å². The van der Waals surface area contributed by atoms with Gasteiger partial charge in [-0.15, -0.1) is 0 Å². The van der Waals surface area contributed by atoms with E-state index in [4.69, 9.17) is 4.52 Å². The van der Waals surface area contributed by atoms with Crippen LogP contribution in [0.25, 0.3) is 11.3 Å². The van der Waals surface area contributed by atoms with Crippen molar-refractivity contribution in [1.82, 2.24) is 10.5 Å². The smallest absolute Gasteiger partial charge is 0.256 e. The van der Waals surface area contributed by atoms with Crippen LogP contribution in [0.4, 0.5) is 0 Å². The molecule has 0 unspecified atom stereocenters. The first-order valence-corrected chi connectivity index (χ1v) is 7.96. The zero-order valence-electron chi connectivity index (χ0n) is 14.1. The minimum Gasteiger partial charge on any atom is -0.359 e. The summed E-state index contributed by atoms with van der Waals surface area (Å²) in [5.74, 6) is -0.179. The fourth-order valence-corrected chi connectivity index (χ4v) is 2.66. The van der Waals surface area contributed by atoms with Crippen molar-refractivity contribution < 1.29 is 14.1 Å². The highest BCUT2D eigenvalue weighted by Crippen LogP contribution is 2.26. The number of Topliss-reactive ketones (excluding diaryl/α,β-unsaturated/α-hetero) is 1. The van der Waals surface area contributed by atoms with Crippen LogP contribution >= 0.6 is 0 Å². The maximum absolute atomic E-state index is 12.6. The Labute approximate surface area is 145 Å². The number of carbonyl (C=O) groups excluding carboxylic acids is 2. The van der Waals surface area contributed by atoms with E-state index in [1.165, 1.54) is 7.05 Å². The van der Waals surface area contributed by atoms with Crippen LogP contribution in [0.1, 0.15) is 32.0 Å². The number of nitrogens with zero attached hydrogens (tertiary/aromatic N) is 1. The zero-order valence-corrected chi connectivity index (χ0v) is 14.1. The van der Waals surface area contributed by atoms with Crippen molar-refractivity contribution in [1.29, 1.82) is 0 Å². The van der Waals surface area contributed by atoms with Crippen molar-refractivity contribution in [3.63, 3.8) is 0 Å². The van der Waals surface area contributed by atoms with Gasteiger partial charge in [-0.3, -0.25) is 9.59 Å². The Hall–Kier alpha value is -3.21. The average molecular weight is 334 g/mol. The van der Waals surface area contributed by atoms with E-state index < -0.39 is 0 Å². The van der Waals surface area contributed by atoms with Crippen LogP contribution in [0.5, 0.6) is 0 Å². The number of hydrogen-bond donors (Lipinski definition) is 1. The molecule has 1 heterocycles. The van der Waals surface area contributed by atoms with Crippen LogP contribution < -0.4 is 5.32 Å². The summed E-state index contributed by atoms with van der Waals surface area (Å²) < 4.78 is 5.36. The Kier molecular flexibility index (Phi) is 4.75. The summed E-state index contributed by atoms with van der Waals surface area (Å²) in [6.07, 6.45) is -0.0218. The Bertz CT molecular complexity index is 914. The molecule has 0 fully saturated rings. The van der Waals surface area contributed by atoms with Gasteiger partial charge in [-0.05, 0) is 13.0 Å². The fourth-order valence-electron chi connectivity index (χ4n) is 2.66. The summed E-state index contributed by atoms with van der Waals surface area (Å²) in [4.78, 5) is 24.9. The summed E-state index contributed by atoms with van der Waals surface area (Å²) in [5.41, 5.74) is 3.08. The molecule has 0 aliphatic heterocycles. The molecular weight excluding hydrogens is 316 g/mol. The van der Waals surface area contributed by atoms with E-state index in [2.05, 4.69) is 10.5 Å². The van der Waals surface area contributed by atoms with E-state index in [9.17, 15) is 9.59 Å². The third-order valence-corrected chi connectivity index (χ3v) is 3.93. The summed E-state index contributed by atoms with van der Waals surface area (Å²) in [7, 11) is 1.54. The zero-order chi connectivity index (χ0) is 17.8. The molecule has 1 N–H and O–H groups in total. The normalized spacial score (nSPS) is 10.5. The summed E-state index contributed by atoms with van der Waals surface area (Å²) in [5, 5.41) is 6.62. The van der Waals surface area contributed by atoms with Gasteiger partial charge in [-0.25, -0.2) is 0 Å². The van der Waals surface area contributed by atoms with Gasteiger partial charge in [0.2, 0.25) is 0 Å². The molecule has 0 bridgehead atoms. The van der Waals surface area contributed by atoms with E-state index in [1.807, 2.05) is 55.5 Å². The molecule has 0 aliphatic carbocycles. The Morgan fingerprint density at radius 3 is 2.52 bits per heavy atom. The number of aryl methyl sites for hydroxylation is 1. The molecule has 0 saturated heterocycles. The van der Waals surface area contributed by atoms with E-state index in [0.29, 0.717) is 16.8 Å². The number of carbonyl (C=O) groups is 2. The number of rotatable bonds is 5. The van der Waals surface area contributed by atoms with Crippen molar-refractivity contribution in [3.8, 4) is 11.3 Å². The van der Waals surface area contributed by atoms with Crippen LogP contribution in [0, 0.1) is 6.92 Å². The van der Waals surface area contributed by atoms with Crippen molar-refractivity contribution in [2.24, 2.45) is 0 Å². The molecule has 1 aromatic heterocycles. The lowest BCUT2D eigenvalue weighted by Crippen LogP contribution is -2.20. The quantitative estimate of drug-likeness (QED) is 0.726. The molecule has 3 aromatic rings. The number of ketones is 1.